The van der Waals surface area contributed by atoms with Gasteiger partial charge in [0, 0.05) is 30.2 Å². The normalized spacial score (nSPS) is 11.6. The number of nitrogens with zero attached hydrogens (tertiary/aromatic N) is 2. The lowest BCUT2D eigenvalue weighted by Gasteiger charge is -2.16. The van der Waals surface area contributed by atoms with Crippen molar-refractivity contribution in [2.75, 3.05) is 26.6 Å². The predicted molar refractivity (Wildman–Crippen MR) is 81.7 cm³/mol. The maximum absolute atomic E-state index is 12.3. The molecular weight excluding hydrogens is 286 g/mol. The number of amides is 1. The molecule has 7 heteroatoms. The second-order valence-corrected chi connectivity index (χ2v) is 4.57. The summed E-state index contributed by atoms with van der Waals surface area (Å²) in [4.78, 5) is 12.3. The standard InChI is InChI=1S/C15H19N3O4/c1-10(18-7-5-6-16-18)15(19)17-11-8-12(20-2)14(22-4)13(9-11)21-3/h5-10H,1-4H3,(H,17,19). The number of hydrogen-bond donors (Lipinski definition) is 1. The van der Waals surface area contributed by atoms with Gasteiger partial charge in [0.05, 0.1) is 21.3 Å². The Bertz CT molecular complexity index is 615. The van der Waals surface area contributed by atoms with E-state index in [1.807, 2.05) is 0 Å². The Balaban J connectivity index is 2.24. The van der Waals surface area contributed by atoms with Crippen molar-refractivity contribution in [3.05, 3.63) is 30.6 Å². The Labute approximate surface area is 128 Å². The van der Waals surface area contributed by atoms with Crippen molar-refractivity contribution < 1.29 is 19.0 Å². The fraction of sp³-hybridized carbons (Fsp3) is 0.333. The van der Waals surface area contributed by atoms with Crippen LogP contribution in [0.5, 0.6) is 17.2 Å². The zero-order chi connectivity index (χ0) is 16.1. The number of methoxy groups -OCH3 is 3. The molecular formula is C15H19N3O4. The summed E-state index contributed by atoms with van der Waals surface area (Å²) in [7, 11) is 4.57. The van der Waals surface area contributed by atoms with Gasteiger partial charge >= 0.3 is 0 Å². The van der Waals surface area contributed by atoms with Gasteiger partial charge in [0.1, 0.15) is 6.04 Å². The average Bonchev–Trinajstić information content (AvgIpc) is 3.07. The number of hydrogen-bond acceptors (Lipinski definition) is 5. The first-order valence-electron chi connectivity index (χ1n) is 6.70. The Morgan fingerprint density at radius 2 is 1.82 bits per heavy atom. The van der Waals surface area contributed by atoms with Gasteiger partial charge in [0.25, 0.3) is 0 Å². The molecule has 1 N–H and O–H groups in total. The maximum atomic E-state index is 12.3. The molecule has 0 saturated heterocycles. The monoisotopic (exact) mass is 305 g/mol. The molecule has 0 bridgehead atoms. The van der Waals surface area contributed by atoms with Crippen molar-refractivity contribution in [2.24, 2.45) is 0 Å². The maximum Gasteiger partial charge on any atom is 0.248 e. The number of carbonyl (C=O) groups excluding carboxylic acids is 1. The van der Waals surface area contributed by atoms with Crippen LogP contribution in [0.1, 0.15) is 13.0 Å². The van der Waals surface area contributed by atoms with Crippen molar-refractivity contribution in [1.82, 2.24) is 9.78 Å². The SMILES string of the molecule is COc1cc(NC(=O)C(C)n2cccn2)cc(OC)c1OC. The third kappa shape index (κ3) is 3.13. The van der Waals surface area contributed by atoms with E-state index < -0.39 is 6.04 Å². The number of anilines is 1. The van der Waals surface area contributed by atoms with Crippen LogP contribution in [0.25, 0.3) is 0 Å². The quantitative estimate of drug-likeness (QED) is 0.884. The minimum absolute atomic E-state index is 0.196. The lowest BCUT2D eigenvalue weighted by molar-refractivity contribution is -0.119. The third-order valence-corrected chi connectivity index (χ3v) is 3.23. The largest absolute Gasteiger partial charge is 0.493 e. The first-order valence-corrected chi connectivity index (χ1v) is 6.70. The number of benzene rings is 1. The van der Waals surface area contributed by atoms with Crippen molar-refractivity contribution in [1.29, 1.82) is 0 Å². The van der Waals surface area contributed by atoms with E-state index in [9.17, 15) is 4.79 Å². The molecule has 1 atom stereocenters. The first-order chi connectivity index (χ1) is 10.6. The van der Waals surface area contributed by atoms with Crippen LogP contribution in [0.15, 0.2) is 30.6 Å². The Morgan fingerprint density at radius 3 is 2.27 bits per heavy atom. The van der Waals surface area contributed by atoms with Gasteiger partial charge in [-0.2, -0.15) is 5.10 Å². The zero-order valence-corrected chi connectivity index (χ0v) is 13.0. The second kappa shape index (κ2) is 6.84. The van der Waals surface area contributed by atoms with E-state index in [0.29, 0.717) is 22.9 Å². The molecule has 0 spiro atoms. The van der Waals surface area contributed by atoms with Gasteiger partial charge in [0.15, 0.2) is 11.5 Å². The lowest BCUT2D eigenvalue weighted by Crippen LogP contribution is -2.24. The van der Waals surface area contributed by atoms with Gasteiger partial charge in [-0.3, -0.25) is 9.48 Å². The van der Waals surface area contributed by atoms with Gasteiger partial charge in [-0.15, -0.1) is 0 Å². The van der Waals surface area contributed by atoms with Gasteiger partial charge in [0.2, 0.25) is 11.7 Å². The molecule has 0 fully saturated rings. The fourth-order valence-corrected chi connectivity index (χ4v) is 2.03. The Morgan fingerprint density at radius 1 is 1.18 bits per heavy atom. The molecule has 0 aliphatic heterocycles. The summed E-state index contributed by atoms with van der Waals surface area (Å²) in [5.74, 6) is 1.23. The smallest absolute Gasteiger partial charge is 0.248 e. The van der Waals surface area contributed by atoms with Crippen molar-refractivity contribution in [3.8, 4) is 17.2 Å². The molecule has 0 aliphatic carbocycles. The highest BCUT2D eigenvalue weighted by Crippen LogP contribution is 2.40. The molecule has 118 valence electrons. The van der Waals surface area contributed by atoms with E-state index >= 15 is 0 Å². The molecule has 0 aliphatic rings. The molecule has 1 unspecified atom stereocenters. The molecule has 0 radical (unpaired) electrons. The minimum Gasteiger partial charge on any atom is -0.493 e. The van der Waals surface area contributed by atoms with Gasteiger partial charge in [-0.1, -0.05) is 0 Å². The van der Waals surface area contributed by atoms with Crippen LogP contribution in [0.3, 0.4) is 0 Å². The summed E-state index contributed by atoms with van der Waals surface area (Å²) in [6.45, 7) is 1.76. The van der Waals surface area contributed by atoms with E-state index in [1.54, 1.807) is 42.2 Å². The van der Waals surface area contributed by atoms with E-state index in [2.05, 4.69) is 10.4 Å². The minimum atomic E-state index is -0.436. The van der Waals surface area contributed by atoms with Crippen LogP contribution in [0.4, 0.5) is 5.69 Å². The summed E-state index contributed by atoms with van der Waals surface area (Å²) in [6.07, 6.45) is 3.36. The zero-order valence-electron chi connectivity index (χ0n) is 13.0. The lowest BCUT2D eigenvalue weighted by atomic mass is 10.2. The summed E-state index contributed by atoms with van der Waals surface area (Å²) in [6, 6.07) is 4.68. The molecule has 2 aromatic rings. The highest BCUT2D eigenvalue weighted by Gasteiger charge is 2.18. The van der Waals surface area contributed by atoms with Crippen LogP contribution in [0.2, 0.25) is 0 Å². The van der Waals surface area contributed by atoms with E-state index in [1.165, 1.54) is 21.3 Å². The molecule has 1 aromatic heterocycles. The van der Waals surface area contributed by atoms with E-state index in [4.69, 9.17) is 14.2 Å². The summed E-state index contributed by atoms with van der Waals surface area (Å²) in [5, 5.41) is 6.88. The highest BCUT2D eigenvalue weighted by atomic mass is 16.5. The number of carbonyl (C=O) groups is 1. The van der Waals surface area contributed by atoms with Gasteiger partial charge in [-0.05, 0) is 13.0 Å². The fourth-order valence-electron chi connectivity index (χ4n) is 2.03. The Kier molecular flexibility index (Phi) is 4.88. The summed E-state index contributed by atoms with van der Waals surface area (Å²) in [5.41, 5.74) is 0.554. The third-order valence-electron chi connectivity index (χ3n) is 3.23. The molecule has 1 amide bonds. The number of rotatable bonds is 6. The van der Waals surface area contributed by atoms with Crippen molar-refractivity contribution >= 4 is 11.6 Å². The van der Waals surface area contributed by atoms with E-state index in [-0.39, 0.29) is 5.91 Å². The van der Waals surface area contributed by atoms with Crippen LogP contribution in [-0.4, -0.2) is 37.0 Å². The topological polar surface area (TPSA) is 74.6 Å². The predicted octanol–water partition coefficient (Wildman–Crippen LogP) is 2.11. The van der Waals surface area contributed by atoms with E-state index in [0.717, 1.165) is 0 Å². The molecule has 22 heavy (non-hydrogen) atoms. The summed E-state index contributed by atoms with van der Waals surface area (Å²) >= 11 is 0. The highest BCUT2D eigenvalue weighted by molar-refractivity contribution is 5.94. The second-order valence-electron chi connectivity index (χ2n) is 4.57. The van der Waals surface area contributed by atoms with Crippen LogP contribution in [0, 0.1) is 0 Å². The van der Waals surface area contributed by atoms with Gasteiger partial charge in [-0.25, -0.2) is 0 Å². The average molecular weight is 305 g/mol. The van der Waals surface area contributed by atoms with Crippen molar-refractivity contribution in [3.63, 3.8) is 0 Å². The Hall–Kier alpha value is -2.70. The number of ether oxygens (including phenoxy) is 3. The van der Waals surface area contributed by atoms with Gasteiger partial charge < -0.3 is 19.5 Å². The molecule has 0 saturated carbocycles. The van der Waals surface area contributed by atoms with Crippen LogP contribution < -0.4 is 19.5 Å². The number of nitrogens with one attached hydrogen (secondary N) is 1. The number of aromatic nitrogens is 2. The summed E-state index contributed by atoms with van der Waals surface area (Å²) < 4.78 is 17.3. The molecule has 7 nitrogen and oxygen atoms in total. The molecule has 1 heterocycles. The van der Waals surface area contributed by atoms with Crippen molar-refractivity contribution in [2.45, 2.75) is 13.0 Å². The van der Waals surface area contributed by atoms with Crippen LogP contribution >= 0.6 is 0 Å². The first kappa shape index (κ1) is 15.7. The van der Waals surface area contributed by atoms with Crippen LogP contribution in [-0.2, 0) is 4.79 Å². The molecule has 1 aromatic carbocycles. The molecule has 2 rings (SSSR count).